The topological polar surface area (TPSA) is 81.7 Å². The van der Waals surface area contributed by atoms with E-state index in [-0.39, 0.29) is 36.3 Å². The van der Waals surface area contributed by atoms with Crippen molar-refractivity contribution in [3.63, 3.8) is 0 Å². The van der Waals surface area contributed by atoms with Gasteiger partial charge in [-0.3, -0.25) is 14.4 Å². The Hall–Kier alpha value is -3.93. The normalized spacial score (nSPS) is 13.7. The summed E-state index contributed by atoms with van der Waals surface area (Å²) >= 11 is 0. The number of carbonyl (C=O) groups excluding carboxylic acids is 3. The van der Waals surface area contributed by atoms with Crippen molar-refractivity contribution in [2.75, 3.05) is 12.1 Å². The van der Waals surface area contributed by atoms with Gasteiger partial charge in [0.1, 0.15) is 0 Å². The van der Waals surface area contributed by atoms with Crippen molar-refractivity contribution in [2.24, 2.45) is 0 Å². The third-order valence-corrected chi connectivity index (χ3v) is 5.03. The lowest BCUT2D eigenvalue weighted by molar-refractivity contribution is -0.115. The summed E-state index contributed by atoms with van der Waals surface area (Å²) < 4.78 is 10.6. The van der Waals surface area contributed by atoms with Gasteiger partial charge in [-0.1, -0.05) is 42.5 Å². The molecule has 1 amide bonds. The van der Waals surface area contributed by atoms with E-state index < -0.39 is 0 Å². The predicted molar refractivity (Wildman–Crippen MR) is 105 cm³/mol. The molecule has 1 aliphatic carbocycles. The fourth-order valence-electron chi connectivity index (χ4n) is 3.68. The molecule has 6 heteroatoms. The molecule has 0 unspecified atom stereocenters. The summed E-state index contributed by atoms with van der Waals surface area (Å²) in [6.45, 7) is 0.165. The van der Waals surface area contributed by atoms with Crippen LogP contribution in [0.15, 0.2) is 60.7 Å². The van der Waals surface area contributed by atoms with Crippen LogP contribution in [0.2, 0.25) is 0 Å². The van der Waals surface area contributed by atoms with Crippen molar-refractivity contribution in [2.45, 2.75) is 6.42 Å². The molecule has 6 nitrogen and oxygen atoms in total. The summed E-state index contributed by atoms with van der Waals surface area (Å²) in [6, 6.07) is 16.9. The second-order valence-electron chi connectivity index (χ2n) is 6.84. The first-order chi connectivity index (χ1) is 14.1. The molecule has 0 saturated carbocycles. The molecule has 2 aliphatic rings. The van der Waals surface area contributed by atoms with E-state index in [4.69, 9.17) is 9.47 Å². The summed E-state index contributed by atoms with van der Waals surface area (Å²) in [5.74, 6) is 0.464. The van der Waals surface area contributed by atoms with Crippen LogP contribution in [0, 0.1) is 0 Å². The molecule has 29 heavy (non-hydrogen) atoms. The second kappa shape index (κ2) is 6.60. The first-order valence-electron chi connectivity index (χ1n) is 9.11. The van der Waals surface area contributed by atoms with Gasteiger partial charge in [-0.05, 0) is 23.8 Å². The van der Waals surface area contributed by atoms with Crippen LogP contribution in [0.4, 0.5) is 5.69 Å². The molecule has 1 heterocycles. The highest BCUT2D eigenvalue weighted by molar-refractivity contribution is 6.30. The summed E-state index contributed by atoms with van der Waals surface area (Å²) in [5.41, 5.74) is 2.35. The van der Waals surface area contributed by atoms with Crippen molar-refractivity contribution in [1.82, 2.24) is 0 Å². The number of hydrogen-bond donors (Lipinski definition) is 1. The van der Waals surface area contributed by atoms with Crippen molar-refractivity contribution in [3.8, 4) is 11.5 Å². The van der Waals surface area contributed by atoms with Crippen molar-refractivity contribution in [1.29, 1.82) is 0 Å². The number of rotatable bonds is 3. The van der Waals surface area contributed by atoms with Gasteiger partial charge >= 0.3 is 0 Å². The third kappa shape index (κ3) is 2.86. The largest absolute Gasteiger partial charge is 0.454 e. The minimum atomic E-state index is -0.295. The maximum Gasteiger partial charge on any atom is 0.231 e. The molecule has 0 aromatic heterocycles. The van der Waals surface area contributed by atoms with Gasteiger partial charge in [0, 0.05) is 16.7 Å². The van der Waals surface area contributed by atoms with E-state index in [0.29, 0.717) is 33.9 Å². The molecule has 0 spiro atoms. The van der Waals surface area contributed by atoms with E-state index >= 15 is 0 Å². The van der Waals surface area contributed by atoms with E-state index in [0.717, 1.165) is 5.56 Å². The molecule has 3 aromatic rings. The Morgan fingerprint density at radius 3 is 2.38 bits per heavy atom. The molecule has 3 aromatic carbocycles. The van der Waals surface area contributed by atoms with Crippen LogP contribution in [0.5, 0.6) is 11.5 Å². The lowest BCUT2D eigenvalue weighted by Gasteiger charge is -2.20. The molecule has 0 radical (unpaired) electrons. The standard InChI is InChI=1S/C23H15NO5/c25-20(11-13-8-9-18-19(10-13)29-12-28-18)24-17-7-3-6-16-21(17)23(27)15-5-2-1-4-14(15)22(16)26/h1-10H,11-12H2,(H,24,25). The van der Waals surface area contributed by atoms with Gasteiger partial charge in [-0.2, -0.15) is 0 Å². The number of nitrogens with one attached hydrogen (secondary N) is 1. The molecule has 1 aliphatic heterocycles. The van der Waals surface area contributed by atoms with Crippen LogP contribution >= 0.6 is 0 Å². The average Bonchev–Trinajstić information content (AvgIpc) is 3.20. The number of anilines is 1. The number of ketones is 2. The molecule has 5 rings (SSSR count). The Balaban J connectivity index is 1.43. The molecule has 1 N–H and O–H groups in total. The first kappa shape index (κ1) is 17.2. The zero-order chi connectivity index (χ0) is 20.0. The maximum absolute atomic E-state index is 13.0. The number of benzene rings is 3. The van der Waals surface area contributed by atoms with Crippen LogP contribution in [-0.4, -0.2) is 24.3 Å². The Morgan fingerprint density at radius 2 is 1.55 bits per heavy atom. The molecule has 0 fully saturated rings. The van der Waals surface area contributed by atoms with Crippen LogP contribution in [0.1, 0.15) is 37.4 Å². The third-order valence-electron chi connectivity index (χ3n) is 5.03. The highest BCUT2D eigenvalue weighted by atomic mass is 16.7. The van der Waals surface area contributed by atoms with Crippen molar-refractivity contribution < 1.29 is 23.9 Å². The minimum absolute atomic E-state index is 0.0963. The number of fused-ring (bicyclic) bond motifs is 3. The van der Waals surface area contributed by atoms with Gasteiger partial charge in [0.25, 0.3) is 0 Å². The van der Waals surface area contributed by atoms with Crippen LogP contribution in [-0.2, 0) is 11.2 Å². The summed E-state index contributed by atoms with van der Waals surface area (Å²) in [4.78, 5) is 38.4. The van der Waals surface area contributed by atoms with E-state index in [1.807, 2.05) is 0 Å². The van der Waals surface area contributed by atoms with E-state index in [1.54, 1.807) is 60.7 Å². The fraction of sp³-hybridized carbons (Fsp3) is 0.0870. The van der Waals surface area contributed by atoms with Gasteiger partial charge < -0.3 is 14.8 Å². The highest BCUT2D eigenvalue weighted by Crippen LogP contribution is 2.34. The Bertz CT molecular complexity index is 1200. The molecule has 0 saturated heterocycles. The van der Waals surface area contributed by atoms with E-state index in [1.165, 1.54) is 0 Å². The van der Waals surface area contributed by atoms with Crippen LogP contribution in [0.25, 0.3) is 0 Å². The van der Waals surface area contributed by atoms with Gasteiger partial charge in [-0.25, -0.2) is 0 Å². The lowest BCUT2D eigenvalue weighted by atomic mass is 9.83. The Labute approximate surface area is 166 Å². The van der Waals surface area contributed by atoms with Gasteiger partial charge in [0.05, 0.1) is 17.7 Å². The zero-order valence-electron chi connectivity index (χ0n) is 15.2. The molecule has 142 valence electrons. The van der Waals surface area contributed by atoms with Gasteiger partial charge in [0.15, 0.2) is 23.1 Å². The van der Waals surface area contributed by atoms with E-state index in [9.17, 15) is 14.4 Å². The maximum atomic E-state index is 13.0. The Morgan fingerprint density at radius 1 is 0.828 bits per heavy atom. The van der Waals surface area contributed by atoms with E-state index in [2.05, 4.69) is 5.32 Å². The predicted octanol–water partition coefficient (Wildman–Crippen LogP) is 3.37. The fourth-order valence-corrected chi connectivity index (χ4v) is 3.68. The second-order valence-corrected chi connectivity index (χ2v) is 6.84. The summed E-state index contributed by atoms with van der Waals surface area (Å²) in [6.07, 6.45) is 0.0963. The SMILES string of the molecule is O=C(Cc1ccc2c(c1)OCO2)Nc1cccc2c1C(=O)c1ccccc1C2=O. The summed E-state index contributed by atoms with van der Waals surface area (Å²) in [7, 11) is 0. The smallest absolute Gasteiger partial charge is 0.231 e. The highest BCUT2D eigenvalue weighted by Gasteiger charge is 2.31. The summed E-state index contributed by atoms with van der Waals surface area (Å²) in [5, 5.41) is 2.78. The average molecular weight is 385 g/mol. The van der Waals surface area contributed by atoms with Crippen molar-refractivity contribution >= 4 is 23.2 Å². The van der Waals surface area contributed by atoms with Gasteiger partial charge in [-0.15, -0.1) is 0 Å². The molecular weight excluding hydrogens is 370 g/mol. The van der Waals surface area contributed by atoms with Crippen molar-refractivity contribution in [3.05, 3.63) is 88.5 Å². The molecular formula is C23H15NO5. The lowest BCUT2D eigenvalue weighted by Crippen LogP contribution is -2.24. The number of ether oxygens (including phenoxy) is 2. The number of hydrogen-bond acceptors (Lipinski definition) is 5. The number of carbonyl (C=O) groups is 3. The zero-order valence-corrected chi connectivity index (χ0v) is 15.2. The van der Waals surface area contributed by atoms with Crippen LogP contribution in [0.3, 0.4) is 0 Å². The quantitative estimate of drug-likeness (QED) is 0.585. The van der Waals surface area contributed by atoms with Gasteiger partial charge in [0.2, 0.25) is 12.7 Å². The molecule has 0 atom stereocenters. The first-order valence-corrected chi connectivity index (χ1v) is 9.11. The minimum Gasteiger partial charge on any atom is -0.454 e. The Kier molecular flexibility index (Phi) is 3.91. The van der Waals surface area contributed by atoms with Crippen LogP contribution < -0.4 is 14.8 Å². The molecule has 0 bridgehead atoms. The number of amides is 1. The monoisotopic (exact) mass is 385 g/mol.